The van der Waals surface area contributed by atoms with E-state index in [0.717, 1.165) is 31.9 Å². The average Bonchev–Trinajstić information content (AvgIpc) is 2.85. The summed E-state index contributed by atoms with van der Waals surface area (Å²) in [7, 11) is 3.57. The second-order valence-corrected chi connectivity index (χ2v) is 6.87. The number of carbonyl (C=O) groups is 1. The number of hydrogen-bond acceptors (Lipinski definition) is 3. The van der Waals surface area contributed by atoms with Crippen LogP contribution in [-0.4, -0.2) is 17.6 Å². The zero-order valence-corrected chi connectivity index (χ0v) is 15.1. The molecule has 5 heteroatoms. The molecular formula is C19H20N2O2S. The number of carbonyl (C=O) groups excluding carboxylic acids is 1. The lowest BCUT2D eigenvalue weighted by molar-refractivity contribution is -0.117. The molecule has 0 bridgehead atoms. The normalized spacial score (nSPS) is 11.9. The molecule has 24 heavy (non-hydrogen) atoms. The summed E-state index contributed by atoms with van der Waals surface area (Å²) in [4.78, 5) is 17.5. The van der Waals surface area contributed by atoms with E-state index in [1.54, 1.807) is 7.11 Å². The van der Waals surface area contributed by atoms with Gasteiger partial charge in [-0.15, -0.1) is 0 Å². The van der Waals surface area contributed by atoms with Crippen LogP contribution >= 0.6 is 11.3 Å². The van der Waals surface area contributed by atoms with Gasteiger partial charge in [0.05, 0.1) is 23.7 Å². The highest BCUT2D eigenvalue weighted by Crippen LogP contribution is 2.21. The number of nitrogens with zero attached hydrogens (tertiary/aromatic N) is 2. The number of para-hydroxylation sites is 1. The Balaban J connectivity index is 1.98. The second-order valence-electron chi connectivity index (χ2n) is 5.86. The average molecular weight is 340 g/mol. The highest BCUT2D eigenvalue weighted by Gasteiger charge is 2.10. The lowest BCUT2D eigenvalue weighted by Crippen LogP contribution is -2.14. The topological polar surface area (TPSA) is 43.6 Å². The Labute approximate surface area is 145 Å². The van der Waals surface area contributed by atoms with Crippen LogP contribution in [0.2, 0.25) is 0 Å². The minimum atomic E-state index is -0.168. The molecule has 0 aliphatic heterocycles. The number of hydrogen-bond donors (Lipinski definition) is 0. The standard InChI is InChI=1S/C19H20N2O2S/c1-12-8-9-15(23-4)14(10-12)11-17(22)20-19-21(3)18-13(2)6-5-7-16(18)24-19/h5-10H,11H2,1-4H3. The highest BCUT2D eigenvalue weighted by atomic mass is 32.1. The van der Waals surface area contributed by atoms with E-state index in [9.17, 15) is 4.79 Å². The maximum atomic E-state index is 12.4. The molecule has 0 spiro atoms. The molecule has 2 aromatic carbocycles. The Morgan fingerprint density at radius 1 is 1.25 bits per heavy atom. The van der Waals surface area contributed by atoms with Crippen molar-refractivity contribution in [2.24, 2.45) is 12.0 Å². The quantitative estimate of drug-likeness (QED) is 0.732. The van der Waals surface area contributed by atoms with Crippen molar-refractivity contribution < 1.29 is 9.53 Å². The van der Waals surface area contributed by atoms with Crippen LogP contribution in [-0.2, 0) is 18.3 Å². The lowest BCUT2D eigenvalue weighted by atomic mass is 10.1. The second kappa shape index (κ2) is 6.61. The monoisotopic (exact) mass is 340 g/mol. The molecule has 124 valence electrons. The summed E-state index contributed by atoms with van der Waals surface area (Å²) in [5, 5.41) is 0. The molecule has 1 aromatic heterocycles. The molecular weight excluding hydrogens is 320 g/mol. The zero-order chi connectivity index (χ0) is 17.3. The Morgan fingerprint density at radius 2 is 2.04 bits per heavy atom. The summed E-state index contributed by atoms with van der Waals surface area (Å²) in [5.74, 6) is 0.555. The Morgan fingerprint density at radius 3 is 2.75 bits per heavy atom. The van der Waals surface area contributed by atoms with Gasteiger partial charge in [0.2, 0.25) is 0 Å². The lowest BCUT2D eigenvalue weighted by Gasteiger charge is -2.07. The van der Waals surface area contributed by atoms with Gasteiger partial charge in [0.25, 0.3) is 5.91 Å². The summed E-state index contributed by atoms with van der Waals surface area (Å²) < 4.78 is 8.47. The first kappa shape index (κ1) is 16.5. The SMILES string of the molecule is COc1ccc(C)cc1CC(=O)N=c1sc2cccc(C)c2n1C. The number of rotatable bonds is 3. The van der Waals surface area contributed by atoms with Crippen molar-refractivity contribution in [3.63, 3.8) is 0 Å². The van der Waals surface area contributed by atoms with Crippen LogP contribution < -0.4 is 9.54 Å². The van der Waals surface area contributed by atoms with Gasteiger partial charge in [-0.3, -0.25) is 4.79 Å². The first-order valence-corrected chi connectivity index (χ1v) is 8.57. The van der Waals surface area contributed by atoms with Gasteiger partial charge in [0.15, 0.2) is 4.80 Å². The number of methoxy groups -OCH3 is 1. The number of ether oxygens (including phenoxy) is 1. The van der Waals surface area contributed by atoms with Gasteiger partial charge in [-0.05, 0) is 31.5 Å². The van der Waals surface area contributed by atoms with Gasteiger partial charge in [-0.2, -0.15) is 4.99 Å². The van der Waals surface area contributed by atoms with Crippen LogP contribution in [0.1, 0.15) is 16.7 Å². The molecule has 4 nitrogen and oxygen atoms in total. The molecule has 0 radical (unpaired) electrons. The minimum absolute atomic E-state index is 0.168. The van der Waals surface area contributed by atoms with Crippen molar-refractivity contribution in [1.82, 2.24) is 4.57 Å². The molecule has 3 aromatic rings. The van der Waals surface area contributed by atoms with E-state index >= 15 is 0 Å². The molecule has 0 fully saturated rings. The molecule has 0 aliphatic carbocycles. The summed E-state index contributed by atoms with van der Waals surface area (Å²) >= 11 is 1.53. The van der Waals surface area contributed by atoms with E-state index in [-0.39, 0.29) is 12.3 Å². The van der Waals surface area contributed by atoms with Gasteiger partial charge in [-0.1, -0.05) is 41.2 Å². The molecule has 0 N–H and O–H groups in total. The highest BCUT2D eigenvalue weighted by molar-refractivity contribution is 7.16. The predicted molar refractivity (Wildman–Crippen MR) is 97.5 cm³/mol. The van der Waals surface area contributed by atoms with Crippen LogP contribution in [0.5, 0.6) is 5.75 Å². The Hall–Kier alpha value is -2.40. The molecule has 1 amide bonds. The molecule has 1 heterocycles. The predicted octanol–water partition coefficient (Wildman–Crippen LogP) is 3.54. The van der Waals surface area contributed by atoms with E-state index < -0.39 is 0 Å². The van der Waals surface area contributed by atoms with Crippen LogP contribution in [0.3, 0.4) is 0 Å². The van der Waals surface area contributed by atoms with Crippen molar-refractivity contribution in [3.05, 3.63) is 57.9 Å². The van der Waals surface area contributed by atoms with Gasteiger partial charge in [0, 0.05) is 12.6 Å². The first-order valence-electron chi connectivity index (χ1n) is 7.76. The third kappa shape index (κ3) is 3.12. The number of fused-ring (bicyclic) bond motifs is 1. The third-order valence-electron chi connectivity index (χ3n) is 4.02. The van der Waals surface area contributed by atoms with Crippen molar-refractivity contribution >= 4 is 27.5 Å². The molecule has 0 saturated heterocycles. The molecule has 0 saturated carbocycles. The van der Waals surface area contributed by atoms with Crippen LogP contribution in [0.15, 0.2) is 41.4 Å². The van der Waals surface area contributed by atoms with Gasteiger partial charge in [-0.25, -0.2) is 0 Å². The maximum Gasteiger partial charge on any atom is 0.252 e. The summed E-state index contributed by atoms with van der Waals surface area (Å²) in [5.41, 5.74) is 4.27. The van der Waals surface area contributed by atoms with E-state index in [1.807, 2.05) is 42.8 Å². The summed E-state index contributed by atoms with van der Waals surface area (Å²) in [6.45, 7) is 4.07. The summed E-state index contributed by atoms with van der Waals surface area (Å²) in [6.07, 6.45) is 0.234. The van der Waals surface area contributed by atoms with Crippen LogP contribution in [0.25, 0.3) is 10.2 Å². The van der Waals surface area contributed by atoms with Crippen LogP contribution in [0.4, 0.5) is 0 Å². The number of aromatic nitrogens is 1. The largest absolute Gasteiger partial charge is 0.496 e. The zero-order valence-electron chi connectivity index (χ0n) is 14.3. The van der Waals surface area contributed by atoms with E-state index in [4.69, 9.17) is 4.74 Å². The smallest absolute Gasteiger partial charge is 0.252 e. The number of thiazole rings is 1. The minimum Gasteiger partial charge on any atom is -0.496 e. The van der Waals surface area contributed by atoms with Gasteiger partial charge in [0.1, 0.15) is 5.75 Å². The number of benzene rings is 2. The van der Waals surface area contributed by atoms with Crippen LogP contribution in [0, 0.1) is 13.8 Å². The molecule has 0 atom stereocenters. The van der Waals surface area contributed by atoms with Gasteiger partial charge < -0.3 is 9.30 Å². The Kier molecular flexibility index (Phi) is 4.53. The third-order valence-corrected chi connectivity index (χ3v) is 5.12. The number of amides is 1. The summed E-state index contributed by atoms with van der Waals surface area (Å²) in [6, 6.07) is 12.0. The fourth-order valence-electron chi connectivity index (χ4n) is 2.86. The Bertz CT molecular complexity index is 983. The molecule has 3 rings (SSSR count). The van der Waals surface area contributed by atoms with E-state index in [0.29, 0.717) is 0 Å². The molecule has 0 aliphatic rings. The molecule has 0 unspecified atom stereocenters. The first-order chi connectivity index (χ1) is 11.5. The van der Waals surface area contributed by atoms with Gasteiger partial charge >= 0.3 is 0 Å². The van der Waals surface area contributed by atoms with Crippen molar-refractivity contribution in [2.75, 3.05) is 7.11 Å². The number of aryl methyl sites for hydroxylation is 3. The van der Waals surface area contributed by atoms with Crippen molar-refractivity contribution in [2.45, 2.75) is 20.3 Å². The van der Waals surface area contributed by atoms with E-state index in [2.05, 4.69) is 24.0 Å². The fraction of sp³-hybridized carbons (Fsp3) is 0.263. The fourth-order valence-corrected chi connectivity index (χ4v) is 3.97. The van der Waals surface area contributed by atoms with E-state index in [1.165, 1.54) is 16.9 Å². The van der Waals surface area contributed by atoms with Crippen molar-refractivity contribution in [1.29, 1.82) is 0 Å². The van der Waals surface area contributed by atoms with Crippen molar-refractivity contribution in [3.8, 4) is 5.75 Å². The maximum absolute atomic E-state index is 12.4.